The largest absolute Gasteiger partial charge is 0.317 e. The van der Waals surface area contributed by atoms with Gasteiger partial charge in [0.25, 0.3) is 0 Å². The van der Waals surface area contributed by atoms with Crippen LogP contribution in [0.25, 0.3) is 0 Å². The number of thioether (sulfide) groups is 1. The molecule has 1 aromatic carbocycles. The van der Waals surface area contributed by atoms with E-state index >= 15 is 0 Å². The van der Waals surface area contributed by atoms with Crippen molar-refractivity contribution in [2.45, 2.75) is 37.1 Å². The Labute approximate surface area is 96.7 Å². The topological polar surface area (TPSA) is 12.0 Å². The summed E-state index contributed by atoms with van der Waals surface area (Å²) in [4.78, 5) is 1.49. The number of rotatable bonds is 3. The fraction of sp³-hybridized carbons (Fsp3) is 0.538. The Balaban J connectivity index is 2.22. The van der Waals surface area contributed by atoms with Crippen LogP contribution in [0.5, 0.6) is 0 Å². The fourth-order valence-corrected chi connectivity index (χ4v) is 3.08. The molecule has 1 heterocycles. The zero-order chi connectivity index (χ0) is 10.8. The third-order valence-electron chi connectivity index (χ3n) is 3.44. The van der Waals surface area contributed by atoms with Crippen molar-refractivity contribution >= 4 is 11.8 Å². The first-order valence-corrected chi connectivity index (χ1v) is 6.64. The average Bonchev–Trinajstić information content (AvgIpc) is 2.73. The van der Waals surface area contributed by atoms with Gasteiger partial charge in [-0.1, -0.05) is 19.1 Å². The highest BCUT2D eigenvalue weighted by molar-refractivity contribution is 7.99. The van der Waals surface area contributed by atoms with Crippen molar-refractivity contribution in [1.82, 2.24) is 5.32 Å². The van der Waals surface area contributed by atoms with E-state index in [4.69, 9.17) is 0 Å². The predicted molar refractivity (Wildman–Crippen MR) is 67.8 cm³/mol. The summed E-state index contributed by atoms with van der Waals surface area (Å²) in [5.41, 5.74) is 3.02. The van der Waals surface area contributed by atoms with Crippen molar-refractivity contribution in [1.29, 1.82) is 0 Å². The Hall–Kier alpha value is -0.470. The summed E-state index contributed by atoms with van der Waals surface area (Å²) in [6, 6.07) is 7.52. The SMILES string of the molecule is CNC(C)C(C)c1ccc2c(c1)CCS2. The molecule has 1 nitrogen and oxygen atoms in total. The van der Waals surface area contributed by atoms with Gasteiger partial charge in [-0.2, -0.15) is 0 Å². The van der Waals surface area contributed by atoms with Crippen molar-refractivity contribution in [3.63, 3.8) is 0 Å². The second kappa shape index (κ2) is 4.58. The quantitative estimate of drug-likeness (QED) is 0.842. The maximum absolute atomic E-state index is 3.33. The van der Waals surface area contributed by atoms with Crippen LogP contribution in [0.1, 0.15) is 30.9 Å². The number of nitrogens with one attached hydrogen (secondary N) is 1. The third-order valence-corrected chi connectivity index (χ3v) is 4.56. The number of likely N-dealkylation sites (N-methyl/N-ethyl adjacent to an activating group) is 1. The Morgan fingerprint density at radius 3 is 2.87 bits per heavy atom. The summed E-state index contributed by atoms with van der Waals surface area (Å²) in [6.07, 6.45) is 1.24. The molecule has 2 unspecified atom stereocenters. The maximum Gasteiger partial charge on any atom is 0.0105 e. The Morgan fingerprint density at radius 1 is 1.33 bits per heavy atom. The molecule has 0 saturated carbocycles. The van der Waals surface area contributed by atoms with Crippen molar-refractivity contribution in [3.8, 4) is 0 Å². The molecule has 2 heteroatoms. The molecule has 0 fully saturated rings. The van der Waals surface area contributed by atoms with Crippen LogP contribution < -0.4 is 5.32 Å². The minimum Gasteiger partial charge on any atom is -0.317 e. The van der Waals surface area contributed by atoms with Crippen LogP contribution in [0, 0.1) is 0 Å². The molecule has 0 aromatic heterocycles. The molecule has 0 aliphatic carbocycles. The highest BCUT2D eigenvalue weighted by Gasteiger charge is 2.16. The van der Waals surface area contributed by atoms with Crippen LogP contribution in [-0.2, 0) is 6.42 Å². The summed E-state index contributed by atoms with van der Waals surface area (Å²) in [6.45, 7) is 4.54. The summed E-state index contributed by atoms with van der Waals surface area (Å²) < 4.78 is 0. The van der Waals surface area contributed by atoms with Gasteiger partial charge in [0.1, 0.15) is 0 Å². The van der Waals surface area contributed by atoms with E-state index < -0.39 is 0 Å². The molecular formula is C13H19NS. The molecule has 0 spiro atoms. The Bertz CT molecular complexity index is 348. The molecule has 1 N–H and O–H groups in total. The lowest BCUT2D eigenvalue weighted by molar-refractivity contribution is 0.523. The van der Waals surface area contributed by atoms with Gasteiger partial charge in [-0.25, -0.2) is 0 Å². The predicted octanol–water partition coefficient (Wildman–Crippen LogP) is 3.05. The molecule has 1 aromatic rings. The zero-order valence-electron chi connectivity index (χ0n) is 9.71. The van der Waals surface area contributed by atoms with E-state index in [9.17, 15) is 0 Å². The average molecular weight is 221 g/mol. The highest BCUT2D eigenvalue weighted by Crippen LogP contribution is 2.33. The first-order chi connectivity index (χ1) is 7.22. The van der Waals surface area contributed by atoms with Crippen molar-refractivity contribution < 1.29 is 0 Å². The smallest absolute Gasteiger partial charge is 0.0105 e. The van der Waals surface area contributed by atoms with Gasteiger partial charge in [0.05, 0.1) is 0 Å². The van der Waals surface area contributed by atoms with E-state index in [1.807, 2.05) is 18.8 Å². The van der Waals surface area contributed by atoms with Crippen LogP contribution in [0.4, 0.5) is 0 Å². The van der Waals surface area contributed by atoms with Crippen LogP contribution in [0.3, 0.4) is 0 Å². The lowest BCUT2D eigenvalue weighted by atomic mass is 9.93. The van der Waals surface area contributed by atoms with Gasteiger partial charge in [0, 0.05) is 16.7 Å². The standard InChI is InChI=1S/C13H19NS/c1-9(10(2)14-3)11-4-5-13-12(8-11)6-7-15-13/h4-5,8-10,14H,6-7H2,1-3H3. The molecule has 2 rings (SSSR count). The summed E-state index contributed by atoms with van der Waals surface area (Å²) in [5.74, 6) is 1.85. The van der Waals surface area contributed by atoms with Crippen LogP contribution in [0.2, 0.25) is 0 Å². The molecule has 2 atom stereocenters. The zero-order valence-corrected chi connectivity index (χ0v) is 10.5. The van der Waals surface area contributed by atoms with E-state index in [1.54, 1.807) is 5.56 Å². The van der Waals surface area contributed by atoms with Gasteiger partial charge in [0.2, 0.25) is 0 Å². The number of fused-ring (bicyclic) bond motifs is 1. The molecule has 1 aliphatic heterocycles. The minimum absolute atomic E-state index is 0.539. The molecular weight excluding hydrogens is 202 g/mol. The second-order valence-electron chi connectivity index (χ2n) is 4.33. The third kappa shape index (κ3) is 2.21. The van der Waals surface area contributed by atoms with Crippen molar-refractivity contribution in [2.24, 2.45) is 0 Å². The fourth-order valence-electron chi connectivity index (χ4n) is 2.03. The minimum atomic E-state index is 0.539. The van der Waals surface area contributed by atoms with Gasteiger partial charge < -0.3 is 5.32 Å². The van der Waals surface area contributed by atoms with E-state index in [0.717, 1.165) is 0 Å². The maximum atomic E-state index is 3.33. The van der Waals surface area contributed by atoms with E-state index in [1.165, 1.54) is 22.6 Å². The van der Waals surface area contributed by atoms with Gasteiger partial charge in [-0.3, -0.25) is 0 Å². The molecule has 0 amide bonds. The summed E-state index contributed by atoms with van der Waals surface area (Å²) >= 11 is 1.99. The number of hydrogen-bond acceptors (Lipinski definition) is 2. The molecule has 82 valence electrons. The van der Waals surface area contributed by atoms with Gasteiger partial charge in [-0.15, -0.1) is 11.8 Å². The molecule has 0 bridgehead atoms. The molecule has 1 aliphatic rings. The Morgan fingerprint density at radius 2 is 2.13 bits per heavy atom. The lowest BCUT2D eigenvalue weighted by Gasteiger charge is -2.20. The number of benzene rings is 1. The van der Waals surface area contributed by atoms with Crippen LogP contribution in [0.15, 0.2) is 23.1 Å². The Kier molecular flexibility index (Phi) is 3.37. The highest BCUT2D eigenvalue weighted by atomic mass is 32.2. The summed E-state index contributed by atoms with van der Waals surface area (Å²) in [7, 11) is 2.03. The number of aryl methyl sites for hydroxylation is 1. The second-order valence-corrected chi connectivity index (χ2v) is 5.47. The van der Waals surface area contributed by atoms with Crippen molar-refractivity contribution in [2.75, 3.05) is 12.8 Å². The van der Waals surface area contributed by atoms with E-state index in [-0.39, 0.29) is 0 Å². The van der Waals surface area contributed by atoms with Crippen LogP contribution in [-0.4, -0.2) is 18.8 Å². The monoisotopic (exact) mass is 221 g/mol. The summed E-state index contributed by atoms with van der Waals surface area (Å²) in [5, 5.41) is 3.33. The van der Waals surface area contributed by atoms with E-state index in [2.05, 4.69) is 37.4 Å². The lowest BCUT2D eigenvalue weighted by Crippen LogP contribution is -2.27. The van der Waals surface area contributed by atoms with Gasteiger partial charge in [-0.05, 0) is 43.5 Å². The van der Waals surface area contributed by atoms with Gasteiger partial charge in [0.15, 0.2) is 0 Å². The first-order valence-electron chi connectivity index (χ1n) is 5.65. The number of hydrogen-bond donors (Lipinski definition) is 1. The van der Waals surface area contributed by atoms with Crippen molar-refractivity contribution in [3.05, 3.63) is 29.3 Å². The van der Waals surface area contributed by atoms with Gasteiger partial charge >= 0.3 is 0 Å². The first kappa shape index (κ1) is 11.0. The molecule has 0 saturated heterocycles. The molecule has 15 heavy (non-hydrogen) atoms. The normalized spacial score (nSPS) is 18.6. The molecule has 0 radical (unpaired) electrons. The van der Waals surface area contributed by atoms with Crippen LogP contribution >= 0.6 is 11.8 Å². The van der Waals surface area contributed by atoms with E-state index in [0.29, 0.717) is 12.0 Å².